The molecule has 0 bridgehead atoms. The molecule has 1 aliphatic heterocycles. The first-order chi connectivity index (χ1) is 9.86. The lowest BCUT2D eigenvalue weighted by molar-refractivity contribution is 0.270. The van der Waals surface area contributed by atoms with Gasteiger partial charge in [0, 0.05) is 23.6 Å². The largest absolute Gasteiger partial charge is 0.305 e. The molecule has 6 heteroatoms. The van der Waals surface area contributed by atoms with E-state index in [0.717, 1.165) is 36.0 Å². The molecule has 0 saturated carbocycles. The standard InChI is InChI=1S/C15H23BrN2O2S/c1-4-14-11-17(3)8-5-9-18(14)21(19,20)15-10-13(16)7-6-12(15)2/h6-7,10,14H,4-5,8-9,11H2,1-3H3. The lowest BCUT2D eigenvalue weighted by Gasteiger charge is -2.29. The molecule has 1 fully saturated rings. The average Bonchev–Trinajstić information content (AvgIpc) is 2.63. The van der Waals surface area contributed by atoms with Crippen LogP contribution in [-0.2, 0) is 10.0 Å². The summed E-state index contributed by atoms with van der Waals surface area (Å²) in [6.45, 7) is 6.24. The van der Waals surface area contributed by atoms with Crippen molar-refractivity contribution in [1.29, 1.82) is 0 Å². The maximum Gasteiger partial charge on any atom is 0.243 e. The highest BCUT2D eigenvalue weighted by Gasteiger charge is 2.33. The molecule has 1 aromatic carbocycles. The highest BCUT2D eigenvalue weighted by molar-refractivity contribution is 9.10. The Labute approximate surface area is 136 Å². The van der Waals surface area contributed by atoms with Crippen LogP contribution in [0.1, 0.15) is 25.3 Å². The van der Waals surface area contributed by atoms with E-state index in [2.05, 4.69) is 34.8 Å². The summed E-state index contributed by atoms with van der Waals surface area (Å²) in [7, 11) is -1.39. The molecule has 21 heavy (non-hydrogen) atoms. The van der Waals surface area contributed by atoms with E-state index in [1.165, 1.54) is 0 Å². The van der Waals surface area contributed by atoms with E-state index < -0.39 is 10.0 Å². The van der Waals surface area contributed by atoms with Gasteiger partial charge >= 0.3 is 0 Å². The van der Waals surface area contributed by atoms with Crippen molar-refractivity contribution >= 4 is 26.0 Å². The van der Waals surface area contributed by atoms with Gasteiger partial charge in [0.1, 0.15) is 0 Å². The van der Waals surface area contributed by atoms with Crippen molar-refractivity contribution in [3.8, 4) is 0 Å². The minimum absolute atomic E-state index is 0.0425. The number of benzene rings is 1. The number of hydrogen-bond donors (Lipinski definition) is 0. The molecule has 1 heterocycles. The van der Waals surface area contributed by atoms with Crippen LogP contribution < -0.4 is 0 Å². The fourth-order valence-corrected chi connectivity index (χ4v) is 5.34. The quantitative estimate of drug-likeness (QED) is 0.816. The Hall–Kier alpha value is -0.430. The highest BCUT2D eigenvalue weighted by Crippen LogP contribution is 2.27. The molecule has 0 amide bonds. The third-order valence-electron chi connectivity index (χ3n) is 4.06. The SMILES string of the molecule is CCC1CN(C)CCCN1S(=O)(=O)c1cc(Br)ccc1C. The van der Waals surface area contributed by atoms with E-state index in [1.54, 1.807) is 10.4 Å². The van der Waals surface area contributed by atoms with Gasteiger partial charge in [-0.3, -0.25) is 0 Å². The zero-order valence-electron chi connectivity index (χ0n) is 12.8. The molecule has 0 N–H and O–H groups in total. The Kier molecular flexibility index (Phi) is 5.46. The summed E-state index contributed by atoms with van der Waals surface area (Å²) in [5.74, 6) is 0. The summed E-state index contributed by atoms with van der Waals surface area (Å²) in [4.78, 5) is 2.64. The maximum atomic E-state index is 13.1. The fraction of sp³-hybridized carbons (Fsp3) is 0.600. The van der Waals surface area contributed by atoms with E-state index in [-0.39, 0.29) is 6.04 Å². The van der Waals surface area contributed by atoms with Crippen LogP contribution in [0.2, 0.25) is 0 Å². The molecule has 1 aliphatic rings. The monoisotopic (exact) mass is 374 g/mol. The summed E-state index contributed by atoms with van der Waals surface area (Å²) >= 11 is 3.38. The molecule has 0 radical (unpaired) electrons. The second-order valence-corrected chi connectivity index (χ2v) is 8.48. The highest BCUT2D eigenvalue weighted by atomic mass is 79.9. The van der Waals surface area contributed by atoms with Crippen molar-refractivity contribution < 1.29 is 8.42 Å². The summed E-state index contributed by atoms with van der Waals surface area (Å²) in [6, 6.07) is 5.48. The normalized spacial score (nSPS) is 22.2. The van der Waals surface area contributed by atoms with Crippen molar-refractivity contribution in [3.05, 3.63) is 28.2 Å². The first-order valence-electron chi connectivity index (χ1n) is 7.32. The summed E-state index contributed by atoms with van der Waals surface area (Å²) in [6.07, 6.45) is 1.70. The molecule has 4 nitrogen and oxygen atoms in total. The Balaban J connectivity index is 2.43. The second kappa shape index (κ2) is 6.77. The molecule has 0 spiro atoms. The predicted molar refractivity (Wildman–Crippen MR) is 89.0 cm³/mol. The number of aryl methyl sites for hydroxylation is 1. The number of nitrogens with zero attached hydrogens (tertiary/aromatic N) is 2. The number of likely N-dealkylation sites (N-methyl/N-ethyl adjacent to an activating group) is 1. The molecule has 0 aromatic heterocycles. The topological polar surface area (TPSA) is 40.6 Å². The van der Waals surface area contributed by atoms with Crippen LogP contribution in [0.25, 0.3) is 0 Å². The van der Waals surface area contributed by atoms with E-state index in [1.807, 2.05) is 19.1 Å². The van der Waals surface area contributed by atoms with Gasteiger partial charge in [0.15, 0.2) is 0 Å². The Morgan fingerprint density at radius 1 is 1.33 bits per heavy atom. The van der Waals surface area contributed by atoms with Gasteiger partial charge in [0.2, 0.25) is 10.0 Å². The number of halogens is 1. The van der Waals surface area contributed by atoms with Gasteiger partial charge in [-0.15, -0.1) is 0 Å². The van der Waals surface area contributed by atoms with Crippen molar-refractivity contribution in [3.63, 3.8) is 0 Å². The minimum Gasteiger partial charge on any atom is -0.305 e. The van der Waals surface area contributed by atoms with E-state index in [9.17, 15) is 8.42 Å². The molecule has 1 unspecified atom stereocenters. The van der Waals surface area contributed by atoms with Gasteiger partial charge in [-0.25, -0.2) is 8.42 Å². The molecule has 0 aliphatic carbocycles. The summed E-state index contributed by atoms with van der Waals surface area (Å²) in [5.41, 5.74) is 0.797. The fourth-order valence-electron chi connectivity index (χ4n) is 2.85. The van der Waals surface area contributed by atoms with Gasteiger partial charge in [-0.1, -0.05) is 28.9 Å². The van der Waals surface area contributed by atoms with Gasteiger partial charge in [-0.05, 0) is 51.1 Å². The van der Waals surface area contributed by atoms with Crippen LogP contribution in [0, 0.1) is 6.92 Å². The number of hydrogen-bond acceptors (Lipinski definition) is 3. The molecule has 1 saturated heterocycles. The van der Waals surface area contributed by atoms with Gasteiger partial charge in [0.25, 0.3) is 0 Å². The lowest BCUT2D eigenvalue weighted by Crippen LogP contribution is -2.43. The van der Waals surface area contributed by atoms with Gasteiger partial charge in [0.05, 0.1) is 4.90 Å². The van der Waals surface area contributed by atoms with Crippen LogP contribution in [0.3, 0.4) is 0 Å². The van der Waals surface area contributed by atoms with Crippen molar-refractivity contribution in [2.75, 3.05) is 26.7 Å². The van der Waals surface area contributed by atoms with E-state index in [0.29, 0.717) is 11.4 Å². The van der Waals surface area contributed by atoms with Crippen LogP contribution in [0.5, 0.6) is 0 Å². The van der Waals surface area contributed by atoms with E-state index in [4.69, 9.17) is 0 Å². The van der Waals surface area contributed by atoms with E-state index >= 15 is 0 Å². The third kappa shape index (κ3) is 3.67. The number of sulfonamides is 1. The molecule has 2 rings (SSSR count). The average molecular weight is 375 g/mol. The third-order valence-corrected chi connectivity index (χ3v) is 6.64. The number of rotatable bonds is 3. The molecular formula is C15H23BrN2O2S. The smallest absolute Gasteiger partial charge is 0.243 e. The van der Waals surface area contributed by atoms with Crippen molar-refractivity contribution in [2.45, 2.75) is 37.6 Å². The Morgan fingerprint density at radius 3 is 2.71 bits per heavy atom. The van der Waals surface area contributed by atoms with Gasteiger partial charge in [-0.2, -0.15) is 4.31 Å². The second-order valence-electron chi connectivity index (χ2n) is 5.70. The summed E-state index contributed by atoms with van der Waals surface area (Å²) < 4.78 is 28.6. The Morgan fingerprint density at radius 2 is 2.05 bits per heavy atom. The predicted octanol–water partition coefficient (Wildman–Crippen LogP) is 2.86. The first kappa shape index (κ1) is 16.9. The molecule has 1 atom stereocenters. The zero-order valence-corrected chi connectivity index (χ0v) is 15.2. The molecule has 118 valence electrons. The maximum absolute atomic E-state index is 13.1. The lowest BCUT2D eigenvalue weighted by atomic mass is 10.2. The first-order valence-corrected chi connectivity index (χ1v) is 9.56. The Bertz CT molecular complexity index is 604. The van der Waals surface area contributed by atoms with Crippen molar-refractivity contribution in [2.24, 2.45) is 0 Å². The molecule has 1 aromatic rings. The minimum atomic E-state index is -3.45. The summed E-state index contributed by atoms with van der Waals surface area (Å²) in [5, 5.41) is 0. The van der Waals surface area contributed by atoms with Gasteiger partial charge < -0.3 is 4.90 Å². The van der Waals surface area contributed by atoms with Crippen LogP contribution in [-0.4, -0.2) is 50.3 Å². The molecular weight excluding hydrogens is 352 g/mol. The van der Waals surface area contributed by atoms with Crippen LogP contribution in [0.4, 0.5) is 0 Å². The van der Waals surface area contributed by atoms with Crippen molar-refractivity contribution in [1.82, 2.24) is 9.21 Å². The van der Waals surface area contributed by atoms with Crippen LogP contribution >= 0.6 is 15.9 Å². The van der Waals surface area contributed by atoms with Crippen LogP contribution in [0.15, 0.2) is 27.6 Å². The zero-order chi connectivity index (χ0) is 15.6.